The van der Waals surface area contributed by atoms with Crippen molar-refractivity contribution in [1.82, 2.24) is 4.90 Å². The second kappa shape index (κ2) is 4.70. The van der Waals surface area contributed by atoms with E-state index in [2.05, 4.69) is 0 Å². The van der Waals surface area contributed by atoms with Crippen LogP contribution in [0.5, 0.6) is 0 Å². The number of ether oxygens (including phenoxy) is 1. The van der Waals surface area contributed by atoms with E-state index in [4.69, 9.17) is 4.74 Å². The number of carbonyl (C=O) groups excluding carboxylic acids is 1. The average molecular weight is 279 g/mol. The van der Waals surface area contributed by atoms with Crippen molar-refractivity contribution in [2.45, 2.75) is 44.6 Å². The van der Waals surface area contributed by atoms with Gasteiger partial charge in [0.15, 0.2) is 0 Å². The molecule has 5 rings (SSSR count). The second-order valence-electron chi connectivity index (χ2n) is 7.62. The molecule has 4 nitrogen and oxygen atoms in total. The fraction of sp³-hybridized carbons (Fsp3) is 0.938. The summed E-state index contributed by atoms with van der Waals surface area (Å²) in [6, 6.07) is 0. The molecular formula is C16H25NO3. The minimum Gasteiger partial charge on any atom is -0.394 e. The normalized spacial score (nSPS) is 46.8. The van der Waals surface area contributed by atoms with Crippen LogP contribution in [0.2, 0.25) is 0 Å². The fourth-order valence-corrected chi connectivity index (χ4v) is 5.72. The summed E-state index contributed by atoms with van der Waals surface area (Å²) in [4.78, 5) is 15.1. The standard InChI is InChI=1S/C16H25NO3/c18-10-14-9-17(1-2-20-14)15(19)16-6-11-3-12(7-16)5-13(4-11)8-16/h11-14,18H,1-10H2. The number of amides is 1. The van der Waals surface area contributed by atoms with Gasteiger partial charge in [0.05, 0.1) is 24.7 Å². The van der Waals surface area contributed by atoms with Crippen LogP contribution >= 0.6 is 0 Å². The zero-order chi connectivity index (χ0) is 13.7. The number of morpholine rings is 1. The van der Waals surface area contributed by atoms with E-state index in [1.807, 2.05) is 4.90 Å². The molecular weight excluding hydrogens is 254 g/mol. The van der Waals surface area contributed by atoms with E-state index in [0.717, 1.165) is 37.0 Å². The summed E-state index contributed by atoms with van der Waals surface area (Å²) in [7, 11) is 0. The number of aliphatic hydroxyl groups is 1. The first-order chi connectivity index (χ1) is 9.68. The first kappa shape index (κ1) is 13.1. The van der Waals surface area contributed by atoms with Crippen LogP contribution in [-0.2, 0) is 9.53 Å². The first-order valence-electron chi connectivity index (χ1n) is 8.20. The van der Waals surface area contributed by atoms with E-state index in [9.17, 15) is 9.90 Å². The van der Waals surface area contributed by atoms with Crippen LogP contribution in [0.15, 0.2) is 0 Å². The molecule has 112 valence electrons. The molecule has 4 aliphatic carbocycles. The second-order valence-corrected chi connectivity index (χ2v) is 7.62. The van der Waals surface area contributed by atoms with E-state index < -0.39 is 0 Å². The van der Waals surface area contributed by atoms with Crippen molar-refractivity contribution < 1.29 is 14.6 Å². The zero-order valence-corrected chi connectivity index (χ0v) is 12.1. The Morgan fingerprint density at radius 2 is 1.75 bits per heavy atom. The van der Waals surface area contributed by atoms with E-state index in [0.29, 0.717) is 25.6 Å². The predicted molar refractivity (Wildman–Crippen MR) is 74.0 cm³/mol. The highest BCUT2D eigenvalue weighted by molar-refractivity contribution is 5.83. The number of aliphatic hydroxyl groups excluding tert-OH is 1. The van der Waals surface area contributed by atoms with Gasteiger partial charge < -0.3 is 14.7 Å². The van der Waals surface area contributed by atoms with Crippen LogP contribution < -0.4 is 0 Å². The molecule has 0 aromatic carbocycles. The maximum absolute atomic E-state index is 13.1. The molecule has 1 saturated heterocycles. The summed E-state index contributed by atoms with van der Waals surface area (Å²) in [5.41, 5.74) is -0.0495. The van der Waals surface area contributed by atoms with Crippen LogP contribution in [0.3, 0.4) is 0 Å². The minimum absolute atomic E-state index is 0.0185. The maximum Gasteiger partial charge on any atom is 0.228 e. The van der Waals surface area contributed by atoms with Gasteiger partial charge in [-0.3, -0.25) is 4.79 Å². The molecule has 1 heterocycles. The van der Waals surface area contributed by atoms with Gasteiger partial charge in [-0.15, -0.1) is 0 Å². The molecule has 1 aliphatic heterocycles. The smallest absolute Gasteiger partial charge is 0.228 e. The van der Waals surface area contributed by atoms with Crippen LogP contribution in [0.1, 0.15) is 38.5 Å². The summed E-state index contributed by atoms with van der Waals surface area (Å²) >= 11 is 0. The van der Waals surface area contributed by atoms with Crippen LogP contribution in [-0.4, -0.2) is 48.3 Å². The van der Waals surface area contributed by atoms with Crippen molar-refractivity contribution in [3.63, 3.8) is 0 Å². The van der Waals surface area contributed by atoms with Gasteiger partial charge in [-0.2, -0.15) is 0 Å². The molecule has 0 aromatic heterocycles. The summed E-state index contributed by atoms with van der Waals surface area (Å²) in [5.74, 6) is 2.79. The lowest BCUT2D eigenvalue weighted by Crippen LogP contribution is -2.57. The molecule has 1 amide bonds. The number of carbonyl (C=O) groups is 1. The Morgan fingerprint density at radius 3 is 2.30 bits per heavy atom. The molecule has 1 N–H and O–H groups in total. The molecule has 1 atom stereocenters. The number of hydrogen-bond donors (Lipinski definition) is 1. The molecule has 0 spiro atoms. The van der Waals surface area contributed by atoms with Gasteiger partial charge in [0, 0.05) is 13.1 Å². The fourth-order valence-electron chi connectivity index (χ4n) is 5.72. The van der Waals surface area contributed by atoms with E-state index in [1.165, 1.54) is 19.3 Å². The largest absolute Gasteiger partial charge is 0.394 e. The third-order valence-electron chi connectivity index (χ3n) is 6.12. The predicted octanol–water partition coefficient (Wildman–Crippen LogP) is 1.42. The summed E-state index contributed by atoms with van der Waals surface area (Å²) < 4.78 is 5.48. The van der Waals surface area contributed by atoms with Crippen LogP contribution in [0.25, 0.3) is 0 Å². The van der Waals surface area contributed by atoms with Crippen molar-refractivity contribution in [3.05, 3.63) is 0 Å². The summed E-state index contributed by atoms with van der Waals surface area (Å²) in [6.07, 6.45) is 7.30. The highest BCUT2D eigenvalue weighted by Crippen LogP contribution is 2.60. The average Bonchev–Trinajstić information content (AvgIpc) is 2.45. The van der Waals surface area contributed by atoms with E-state index in [-0.39, 0.29) is 18.1 Å². The zero-order valence-electron chi connectivity index (χ0n) is 12.1. The highest BCUT2D eigenvalue weighted by atomic mass is 16.5. The molecule has 4 saturated carbocycles. The van der Waals surface area contributed by atoms with E-state index >= 15 is 0 Å². The van der Waals surface area contributed by atoms with Gasteiger partial charge in [-0.25, -0.2) is 0 Å². The Balaban J connectivity index is 1.53. The number of rotatable bonds is 2. The van der Waals surface area contributed by atoms with Gasteiger partial charge in [0.2, 0.25) is 5.91 Å². The van der Waals surface area contributed by atoms with E-state index in [1.54, 1.807) is 0 Å². The molecule has 4 bridgehead atoms. The number of hydrogen-bond acceptors (Lipinski definition) is 3. The number of nitrogens with zero attached hydrogens (tertiary/aromatic N) is 1. The minimum atomic E-state index is -0.179. The van der Waals surface area contributed by atoms with Crippen LogP contribution in [0.4, 0.5) is 0 Å². The molecule has 1 unspecified atom stereocenters. The van der Waals surface area contributed by atoms with Gasteiger partial charge in [-0.1, -0.05) is 0 Å². The molecule has 4 heteroatoms. The third-order valence-corrected chi connectivity index (χ3v) is 6.12. The van der Waals surface area contributed by atoms with Crippen LogP contribution in [0, 0.1) is 23.2 Å². The van der Waals surface area contributed by atoms with Gasteiger partial charge in [0.25, 0.3) is 0 Å². The maximum atomic E-state index is 13.1. The first-order valence-corrected chi connectivity index (χ1v) is 8.20. The molecule has 0 radical (unpaired) electrons. The molecule has 0 aromatic rings. The lowest BCUT2D eigenvalue weighted by atomic mass is 9.49. The van der Waals surface area contributed by atoms with Crippen molar-refractivity contribution in [1.29, 1.82) is 0 Å². The lowest BCUT2D eigenvalue weighted by Gasteiger charge is -2.57. The third kappa shape index (κ3) is 2.00. The summed E-state index contributed by atoms with van der Waals surface area (Å²) in [6.45, 7) is 1.88. The Morgan fingerprint density at radius 1 is 1.15 bits per heavy atom. The Hall–Kier alpha value is -0.610. The molecule has 5 fully saturated rings. The Kier molecular flexibility index (Phi) is 3.08. The topological polar surface area (TPSA) is 49.8 Å². The van der Waals surface area contributed by atoms with Gasteiger partial charge in [0.1, 0.15) is 0 Å². The quantitative estimate of drug-likeness (QED) is 0.832. The Labute approximate surface area is 120 Å². The molecule has 5 aliphatic rings. The highest BCUT2D eigenvalue weighted by Gasteiger charge is 2.55. The Bertz CT molecular complexity index is 373. The SMILES string of the molecule is O=C(N1CCOC(CO)C1)C12CC3CC(CC(C3)C1)C2. The monoisotopic (exact) mass is 279 g/mol. The van der Waals surface area contributed by atoms with Gasteiger partial charge >= 0.3 is 0 Å². The van der Waals surface area contributed by atoms with Crippen molar-refractivity contribution in [2.24, 2.45) is 23.2 Å². The van der Waals surface area contributed by atoms with Crippen molar-refractivity contribution in [3.8, 4) is 0 Å². The molecule has 20 heavy (non-hydrogen) atoms. The van der Waals surface area contributed by atoms with Crippen molar-refractivity contribution >= 4 is 5.91 Å². The van der Waals surface area contributed by atoms with Crippen molar-refractivity contribution in [2.75, 3.05) is 26.3 Å². The lowest BCUT2D eigenvalue weighted by molar-refractivity contribution is -0.165. The van der Waals surface area contributed by atoms with Gasteiger partial charge in [-0.05, 0) is 56.3 Å². The summed E-state index contributed by atoms with van der Waals surface area (Å²) in [5, 5.41) is 9.26.